The molecule has 6 heteroatoms. The fourth-order valence-electron chi connectivity index (χ4n) is 3.06. The van der Waals surface area contributed by atoms with Gasteiger partial charge in [0.05, 0.1) is 10.9 Å². The standard InChI is InChI=1S/C16H17N3O3.C5H10/c1-8-6-9(2)14-11(7-8)16(22)19(10(3)17-14)12-4-5-13(20)18-15(12)21;1-4-5(2)3/h6-7,12H,4-5H2,1-3H3,(H,18,20,21);4H,1-3H3/t12-;/m0./s1. The number of carbonyl (C=O) groups is 2. The number of carbonyl (C=O) groups excluding carboxylic acids is 2. The number of amides is 2. The monoisotopic (exact) mass is 369 g/mol. The summed E-state index contributed by atoms with van der Waals surface area (Å²) in [5, 5.41) is 2.79. The van der Waals surface area contributed by atoms with E-state index in [9.17, 15) is 14.4 Å². The number of imide groups is 1. The predicted octanol–water partition coefficient (Wildman–Crippen LogP) is 3.27. The largest absolute Gasteiger partial charge is 0.295 e. The molecule has 1 aliphatic rings. The Morgan fingerprint density at radius 2 is 1.81 bits per heavy atom. The third-order valence-corrected chi connectivity index (χ3v) is 4.62. The average molecular weight is 369 g/mol. The zero-order chi connectivity index (χ0) is 20.3. The van der Waals surface area contributed by atoms with Crippen LogP contribution in [0, 0.1) is 20.8 Å². The molecule has 0 unspecified atom stereocenters. The second-order valence-corrected chi connectivity index (χ2v) is 7.15. The molecule has 0 bridgehead atoms. The quantitative estimate of drug-likeness (QED) is 0.618. The van der Waals surface area contributed by atoms with Crippen molar-refractivity contribution < 1.29 is 9.59 Å². The molecule has 144 valence electrons. The van der Waals surface area contributed by atoms with E-state index in [0.29, 0.717) is 23.1 Å². The third kappa shape index (κ3) is 4.51. The van der Waals surface area contributed by atoms with Crippen LogP contribution in [0.1, 0.15) is 56.6 Å². The number of nitrogens with one attached hydrogen (secondary N) is 1. The van der Waals surface area contributed by atoms with Crippen molar-refractivity contribution in [2.24, 2.45) is 0 Å². The highest BCUT2D eigenvalue weighted by Gasteiger charge is 2.30. The van der Waals surface area contributed by atoms with Gasteiger partial charge in [-0.05, 0) is 65.2 Å². The maximum absolute atomic E-state index is 12.8. The highest BCUT2D eigenvalue weighted by molar-refractivity contribution is 5.99. The number of aromatic nitrogens is 2. The van der Waals surface area contributed by atoms with E-state index in [-0.39, 0.29) is 17.9 Å². The van der Waals surface area contributed by atoms with Crippen molar-refractivity contribution in [3.63, 3.8) is 0 Å². The van der Waals surface area contributed by atoms with Crippen LogP contribution in [0.25, 0.3) is 10.9 Å². The van der Waals surface area contributed by atoms with Gasteiger partial charge in [0, 0.05) is 6.42 Å². The molecule has 2 heterocycles. The minimum atomic E-state index is -0.678. The minimum Gasteiger partial charge on any atom is -0.295 e. The Bertz CT molecular complexity index is 982. The Labute approximate surface area is 159 Å². The number of hydrogen-bond acceptors (Lipinski definition) is 4. The Hall–Kier alpha value is -2.76. The summed E-state index contributed by atoms with van der Waals surface area (Å²) in [7, 11) is 0. The normalized spacial score (nSPS) is 16.4. The van der Waals surface area contributed by atoms with E-state index in [2.05, 4.69) is 30.2 Å². The topological polar surface area (TPSA) is 81.1 Å². The van der Waals surface area contributed by atoms with Crippen molar-refractivity contribution in [1.29, 1.82) is 0 Å². The molecule has 2 amide bonds. The third-order valence-electron chi connectivity index (χ3n) is 4.62. The van der Waals surface area contributed by atoms with Gasteiger partial charge in [0.1, 0.15) is 11.9 Å². The second-order valence-electron chi connectivity index (χ2n) is 7.15. The van der Waals surface area contributed by atoms with Gasteiger partial charge in [-0.2, -0.15) is 0 Å². The molecule has 0 spiro atoms. The lowest BCUT2D eigenvalue weighted by atomic mass is 10.0. The molecule has 1 aliphatic heterocycles. The number of benzene rings is 1. The molecular formula is C21H27N3O3. The number of hydrogen-bond donors (Lipinski definition) is 1. The number of piperidine rings is 1. The van der Waals surface area contributed by atoms with E-state index >= 15 is 0 Å². The zero-order valence-corrected chi connectivity index (χ0v) is 16.8. The summed E-state index contributed by atoms with van der Waals surface area (Å²) in [5.74, 6) is -0.252. The summed E-state index contributed by atoms with van der Waals surface area (Å²) >= 11 is 0. The van der Waals surface area contributed by atoms with Crippen molar-refractivity contribution in [3.05, 3.63) is 51.1 Å². The maximum atomic E-state index is 12.8. The van der Waals surface area contributed by atoms with Gasteiger partial charge in [-0.25, -0.2) is 4.98 Å². The van der Waals surface area contributed by atoms with Gasteiger partial charge in [-0.1, -0.05) is 17.7 Å². The van der Waals surface area contributed by atoms with Crippen LogP contribution in [-0.4, -0.2) is 21.4 Å². The van der Waals surface area contributed by atoms with Crippen molar-refractivity contribution >= 4 is 22.7 Å². The van der Waals surface area contributed by atoms with Crippen LogP contribution in [0.3, 0.4) is 0 Å². The summed E-state index contributed by atoms with van der Waals surface area (Å²) < 4.78 is 1.41. The van der Waals surface area contributed by atoms with Crippen molar-refractivity contribution in [2.75, 3.05) is 0 Å². The van der Waals surface area contributed by atoms with E-state index < -0.39 is 11.9 Å². The molecule has 0 radical (unpaired) electrons. The lowest BCUT2D eigenvalue weighted by Gasteiger charge is -2.24. The first-order valence-corrected chi connectivity index (χ1v) is 9.09. The lowest BCUT2D eigenvalue weighted by Crippen LogP contribution is -2.45. The van der Waals surface area contributed by atoms with E-state index in [1.54, 1.807) is 13.0 Å². The van der Waals surface area contributed by atoms with Crippen LogP contribution in [-0.2, 0) is 9.59 Å². The van der Waals surface area contributed by atoms with Crippen molar-refractivity contribution in [1.82, 2.24) is 14.9 Å². The molecule has 1 atom stereocenters. The predicted molar refractivity (Wildman–Crippen MR) is 107 cm³/mol. The summed E-state index contributed by atoms with van der Waals surface area (Å²) in [6.45, 7) is 11.7. The minimum absolute atomic E-state index is 0.229. The summed E-state index contributed by atoms with van der Waals surface area (Å²) in [6.07, 6.45) is 2.64. The molecule has 27 heavy (non-hydrogen) atoms. The van der Waals surface area contributed by atoms with Crippen molar-refractivity contribution in [2.45, 2.75) is 60.4 Å². The van der Waals surface area contributed by atoms with Gasteiger partial charge >= 0.3 is 0 Å². The number of fused-ring (bicyclic) bond motifs is 1. The molecule has 6 nitrogen and oxygen atoms in total. The molecule has 2 aromatic rings. The van der Waals surface area contributed by atoms with Crippen LogP contribution in [0.2, 0.25) is 0 Å². The molecule has 1 fully saturated rings. The first-order valence-electron chi connectivity index (χ1n) is 9.09. The molecule has 1 aromatic carbocycles. The van der Waals surface area contributed by atoms with E-state index in [0.717, 1.165) is 11.1 Å². The molecule has 0 saturated carbocycles. The summed E-state index contributed by atoms with van der Waals surface area (Å²) in [6, 6.07) is 3.09. The van der Waals surface area contributed by atoms with E-state index in [1.165, 1.54) is 10.1 Å². The Morgan fingerprint density at radius 1 is 1.19 bits per heavy atom. The molecule has 1 aromatic heterocycles. The highest BCUT2D eigenvalue weighted by Crippen LogP contribution is 2.21. The van der Waals surface area contributed by atoms with Gasteiger partial charge in [0.2, 0.25) is 11.8 Å². The first kappa shape index (κ1) is 20.6. The Morgan fingerprint density at radius 3 is 2.37 bits per heavy atom. The highest BCUT2D eigenvalue weighted by atomic mass is 16.2. The molecule has 3 rings (SSSR count). The van der Waals surface area contributed by atoms with Crippen LogP contribution in [0.4, 0.5) is 0 Å². The van der Waals surface area contributed by atoms with Gasteiger partial charge in [-0.15, -0.1) is 0 Å². The number of nitrogens with zero attached hydrogens (tertiary/aromatic N) is 2. The second kappa shape index (κ2) is 8.29. The fourth-order valence-corrected chi connectivity index (χ4v) is 3.06. The van der Waals surface area contributed by atoms with Gasteiger partial charge in [0.15, 0.2) is 0 Å². The smallest absolute Gasteiger partial charge is 0.262 e. The van der Waals surface area contributed by atoms with E-state index in [4.69, 9.17) is 0 Å². The first-order chi connectivity index (χ1) is 12.6. The van der Waals surface area contributed by atoms with Gasteiger partial charge in [-0.3, -0.25) is 24.3 Å². The number of aryl methyl sites for hydroxylation is 3. The molecule has 1 saturated heterocycles. The number of allylic oxidation sites excluding steroid dienone is 2. The van der Waals surface area contributed by atoms with Gasteiger partial charge in [0.25, 0.3) is 5.56 Å². The molecule has 1 N–H and O–H groups in total. The maximum Gasteiger partial charge on any atom is 0.262 e. The summed E-state index contributed by atoms with van der Waals surface area (Å²) in [4.78, 5) is 40.7. The van der Waals surface area contributed by atoms with Crippen LogP contribution < -0.4 is 10.9 Å². The van der Waals surface area contributed by atoms with E-state index in [1.807, 2.05) is 26.8 Å². The zero-order valence-electron chi connectivity index (χ0n) is 16.8. The Kier molecular flexibility index (Phi) is 6.31. The summed E-state index contributed by atoms with van der Waals surface area (Å²) in [5.41, 5.74) is 3.72. The van der Waals surface area contributed by atoms with Crippen LogP contribution in [0.5, 0.6) is 0 Å². The number of rotatable bonds is 1. The van der Waals surface area contributed by atoms with Crippen LogP contribution in [0.15, 0.2) is 28.6 Å². The van der Waals surface area contributed by atoms with Crippen molar-refractivity contribution in [3.8, 4) is 0 Å². The average Bonchev–Trinajstić information content (AvgIpc) is 2.58. The Balaban J connectivity index is 0.000000465. The SMILES string of the molecule is CC=C(C)C.Cc1cc(C)c2nc(C)n([C@H]3CCC(=O)NC3=O)c(=O)c2c1. The lowest BCUT2D eigenvalue weighted by molar-refractivity contribution is -0.135. The molecule has 0 aliphatic carbocycles. The van der Waals surface area contributed by atoms with Gasteiger partial charge < -0.3 is 0 Å². The fraction of sp³-hybridized carbons (Fsp3) is 0.429. The molecular weight excluding hydrogens is 342 g/mol. The van der Waals surface area contributed by atoms with Crippen LogP contribution >= 0.6 is 0 Å².